The molecule has 0 bridgehead atoms. The van der Waals surface area contributed by atoms with Gasteiger partial charge in [-0.1, -0.05) is 6.58 Å². The van der Waals surface area contributed by atoms with E-state index in [0.717, 1.165) is 31.6 Å². The minimum atomic E-state index is -0.795. The highest BCUT2D eigenvalue weighted by atomic mass is 16.3. The summed E-state index contributed by atoms with van der Waals surface area (Å²) in [4.78, 5) is 28.0. The number of nitrogens with zero attached hydrogens (tertiary/aromatic N) is 2. The van der Waals surface area contributed by atoms with Crippen molar-refractivity contribution in [2.75, 3.05) is 33.2 Å². The summed E-state index contributed by atoms with van der Waals surface area (Å²) in [7, 11) is 1.75. The second kappa shape index (κ2) is 6.58. The zero-order chi connectivity index (χ0) is 15.6. The van der Waals surface area contributed by atoms with Crippen molar-refractivity contribution in [2.24, 2.45) is 5.92 Å². The highest BCUT2D eigenvalue weighted by Crippen LogP contribution is 2.21. The molecule has 118 valence electrons. The van der Waals surface area contributed by atoms with Crippen molar-refractivity contribution in [3.63, 3.8) is 0 Å². The van der Waals surface area contributed by atoms with Crippen LogP contribution in [0.1, 0.15) is 19.8 Å². The molecule has 0 spiro atoms. The first-order chi connectivity index (χ1) is 9.91. The lowest BCUT2D eigenvalue weighted by Crippen LogP contribution is -2.59. The van der Waals surface area contributed by atoms with E-state index in [1.165, 1.54) is 4.90 Å². The van der Waals surface area contributed by atoms with Gasteiger partial charge in [0.25, 0.3) is 0 Å². The van der Waals surface area contributed by atoms with Gasteiger partial charge in [0.15, 0.2) is 5.78 Å². The Bertz CT molecular complexity index is 430. The second-order valence-corrected chi connectivity index (χ2v) is 6.05. The van der Waals surface area contributed by atoms with Gasteiger partial charge in [-0.25, -0.2) is 0 Å². The molecule has 2 heterocycles. The molecule has 2 aliphatic heterocycles. The van der Waals surface area contributed by atoms with Gasteiger partial charge in [-0.15, -0.1) is 0 Å². The molecular weight excluding hydrogens is 270 g/mol. The van der Waals surface area contributed by atoms with Crippen LogP contribution < -0.4 is 5.32 Å². The molecule has 6 heteroatoms. The van der Waals surface area contributed by atoms with E-state index in [-0.39, 0.29) is 24.2 Å². The Morgan fingerprint density at radius 2 is 2.10 bits per heavy atom. The lowest BCUT2D eigenvalue weighted by atomic mass is 9.92. The van der Waals surface area contributed by atoms with Gasteiger partial charge in [0.2, 0.25) is 5.91 Å². The number of Topliss-reactive ketones (excluding diaryl/α,β-unsaturated/α-hetero) is 1. The van der Waals surface area contributed by atoms with Crippen molar-refractivity contribution >= 4 is 11.7 Å². The summed E-state index contributed by atoms with van der Waals surface area (Å²) < 4.78 is 0. The number of hydrogen-bond donors (Lipinski definition) is 2. The molecule has 21 heavy (non-hydrogen) atoms. The first-order valence-electron chi connectivity index (χ1n) is 7.52. The highest BCUT2D eigenvalue weighted by Gasteiger charge is 2.38. The van der Waals surface area contributed by atoms with Crippen LogP contribution in [0.25, 0.3) is 0 Å². The Morgan fingerprint density at radius 3 is 2.67 bits per heavy atom. The summed E-state index contributed by atoms with van der Waals surface area (Å²) in [5.41, 5.74) is 0.749. The van der Waals surface area contributed by atoms with E-state index < -0.39 is 12.1 Å². The summed E-state index contributed by atoms with van der Waals surface area (Å²) >= 11 is 0. The monoisotopic (exact) mass is 295 g/mol. The standard InChI is InChI=1S/C15H25N3O3/c1-10-8-18(15(21)14(11(2)19)17(10)3)9-13(20)12-4-6-16-7-5-12/h11-12,14,16,19H,1,4-9H2,2-3H3/t11?,14-/m0/s1. The number of aliphatic hydroxyl groups is 1. The minimum absolute atomic E-state index is 0.0389. The van der Waals surface area contributed by atoms with Crippen LogP contribution in [0.5, 0.6) is 0 Å². The number of hydrogen-bond acceptors (Lipinski definition) is 5. The summed E-state index contributed by atoms with van der Waals surface area (Å²) in [5, 5.41) is 13.0. The average Bonchev–Trinajstić information content (AvgIpc) is 2.45. The predicted octanol–water partition coefficient (Wildman–Crippen LogP) is -0.408. The van der Waals surface area contributed by atoms with E-state index in [4.69, 9.17) is 0 Å². The Morgan fingerprint density at radius 1 is 1.48 bits per heavy atom. The summed E-state index contributed by atoms with van der Waals surface area (Å²) in [6.45, 7) is 7.72. The van der Waals surface area contributed by atoms with Crippen molar-refractivity contribution in [1.82, 2.24) is 15.1 Å². The van der Waals surface area contributed by atoms with Crippen molar-refractivity contribution in [1.29, 1.82) is 0 Å². The number of likely N-dealkylation sites (N-methyl/N-ethyl adjacent to an activating group) is 1. The molecule has 2 saturated heterocycles. The molecule has 2 aliphatic rings. The van der Waals surface area contributed by atoms with Crippen LogP contribution in [0, 0.1) is 5.92 Å². The fourth-order valence-electron chi connectivity index (χ4n) is 3.08. The van der Waals surface area contributed by atoms with Gasteiger partial charge in [-0.2, -0.15) is 0 Å². The molecule has 1 unspecified atom stereocenters. The average molecular weight is 295 g/mol. The number of nitrogens with one attached hydrogen (secondary N) is 1. The maximum Gasteiger partial charge on any atom is 0.248 e. The van der Waals surface area contributed by atoms with Gasteiger partial charge in [0.05, 0.1) is 19.2 Å². The molecule has 0 aromatic carbocycles. The Hall–Kier alpha value is -1.40. The number of carbonyl (C=O) groups is 2. The molecule has 2 N–H and O–H groups in total. The SMILES string of the molecule is C=C1CN(CC(=O)C2CCNCC2)C(=O)[C@H](C(C)O)N1C. The van der Waals surface area contributed by atoms with Crippen LogP contribution in [0.3, 0.4) is 0 Å². The van der Waals surface area contributed by atoms with E-state index in [1.54, 1.807) is 18.9 Å². The third-order valence-electron chi connectivity index (χ3n) is 4.45. The van der Waals surface area contributed by atoms with Crippen LogP contribution in [0.2, 0.25) is 0 Å². The van der Waals surface area contributed by atoms with Gasteiger partial charge in [0.1, 0.15) is 6.04 Å². The van der Waals surface area contributed by atoms with Crippen LogP contribution in [0.4, 0.5) is 0 Å². The largest absolute Gasteiger partial charge is 0.391 e. The quantitative estimate of drug-likeness (QED) is 0.738. The molecule has 0 aromatic heterocycles. The number of rotatable bonds is 4. The number of piperidine rings is 1. The number of aliphatic hydroxyl groups excluding tert-OH is 1. The summed E-state index contributed by atoms with van der Waals surface area (Å²) in [5.74, 6) is -0.0364. The predicted molar refractivity (Wildman–Crippen MR) is 79.6 cm³/mol. The normalized spacial score (nSPS) is 26.1. The number of amides is 1. The molecule has 2 rings (SSSR count). The van der Waals surface area contributed by atoms with E-state index in [9.17, 15) is 14.7 Å². The second-order valence-electron chi connectivity index (χ2n) is 6.05. The minimum Gasteiger partial charge on any atom is -0.391 e. The molecule has 2 fully saturated rings. The molecule has 0 radical (unpaired) electrons. The van der Waals surface area contributed by atoms with E-state index in [2.05, 4.69) is 11.9 Å². The van der Waals surface area contributed by atoms with Gasteiger partial charge >= 0.3 is 0 Å². The summed E-state index contributed by atoms with van der Waals surface area (Å²) in [6, 6.07) is -0.646. The van der Waals surface area contributed by atoms with E-state index >= 15 is 0 Å². The lowest BCUT2D eigenvalue weighted by molar-refractivity contribution is -0.146. The fraction of sp³-hybridized carbons (Fsp3) is 0.733. The van der Waals surface area contributed by atoms with Gasteiger partial charge in [-0.3, -0.25) is 9.59 Å². The van der Waals surface area contributed by atoms with Crippen molar-refractivity contribution < 1.29 is 14.7 Å². The van der Waals surface area contributed by atoms with Gasteiger partial charge in [-0.05, 0) is 32.9 Å². The zero-order valence-corrected chi connectivity index (χ0v) is 12.8. The molecule has 1 amide bonds. The molecular formula is C15H25N3O3. The van der Waals surface area contributed by atoms with Crippen LogP contribution in [-0.4, -0.2) is 72.0 Å². The number of carbonyl (C=O) groups excluding carboxylic acids is 2. The smallest absolute Gasteiger partial charge is 0.248 e. The van der Waals surface area contributed by atoms with Gasteiger partial charge < -0.3 is 20.2 Å². The number of piperazine rings is 1. The first kappa shape index (κ1) is 16.0. The van der Waals surface area contributed by atoms with E-state index in [1.807, 2.05) is 0 Å². The van der Waals surface area contributed by atoms with Crippen molar-refractivity contribution in [3.8, 4) is 0 Å². The Balaban J connectivity index is 2.03. The Kier molecular flexibility index (Phi) is 5.00. The number of ketones is 1. The third-order valence-corrected chi connectivity index (χ3v) is 4.45. The lowest BCUT2D eigenvalue weighted by Gasteiger charge is -2.42. The molecule has 2 atom stereocenters. The van der Waals surface area contributed by atoms with Gasteiger partial charge in [0, 0.05) is 18.7 Å². The van der Waals surface area contributed by atoms with Crippen LogP contribution in [-0.2, 0) is 9.59 Å². The van der Waals surface area contributed by atoms with Crippen LogP contribution in [0.15, 0.2) is 12.3 Å². The molecule has 0 saturated carbocycles. The topological polar surface area (TPSA) is 72.9 Å². The van der Waals surface area contributed by atoms with Crippen molar-refractivity contribution in [3.05, 3.63) is 12.3 Å². The molecule has 0 aromatic rings. The Labute approximate surface area is 125 Å². The highest BCUT2D eigenvalue weighted by molar-refractivity contribution is 5.90. The first-order valence-corrected chi connectivity index (χ1v) is 7.52. The van der Waals surface area contributed by atoms with Crippen molar-refractivity contribution in [2.45, 2.75) is 31.9 Å². The zero-order valence-electron chi connectivity index (χ0n) is 12.8. The molecule has 6 nitrogen and oxygen atoms in total. The fourth-order valence-corrected chi connectivity index (χ4v) is 3.08. The molecule has 0 aliphatic carbocycles. The third kappa shape index (κ3) is 3.44. The maximum absolute atomic E-state index is 12.5. The van der Waals surface area contributed by atoms with Crippen LogP contribution >= 0.6 is 0 Å². The maximum atomic E-state index is 12.5. The summed E-state index contributed by atoms with van der Waals surface area (Å²) in [6.07, 6.45) is 0.874. The van der Waals surface area contributed by atoms with E-state index in [0.29, 0.717) is 6.54 Å².